The summed E-state index contributed by atoms with van der Waals surface area (Å²) >= 11 is 0. The van der Waals surface area contributed by atoms with Crippen LogP contribution in [0.25, 0.3) is 11.3 Å². The smallest absolute Gasteiger partial charge is 0.451 e. The standard InChI is InChI=1S/C12H9F4N3O/c1-20-9-3-2-6(4-7(9)13)8-5-10(17)19-11(18-8)12(14,15)16/h2-5H,1H3,(H2,17,18,19). The Kier molecular flexibility index (Phi) is 3.47. The predicted molar refractivity (Wildman–Crippen MR) is 63.4 cm³/mol. The van der Waals surface area contributed by atoms with E-state index < -0.39 is 17.8 Å². The first-order chi connectivity index (χ1) is 9.31. The molecule has 2 aromatic rings. The van der Waals surface area contributed by atoms with Crippen LogP contribution in [0.5, 0.6) is 5.75 Å². The van der Waals surface area contributed by atoms with Gasteiger partial charge in [-0.05, 0) is 18.2 Å². The van der Waals surface area contributed by atoms with Crippen LogP contribution in [0, 0.1) is 5.82 Å². The summed E-state index contributed by atoms with van der Waals surface area (Å²) < 4.78 is 56.0. The van der Waals surface area contributed by atoms with Crippen LogP contribution >= 0.6 is 0 Å². The predicted octanol–water partition coefficient (Wildman–Crippen LogP) is 2.89. The molecule has 0 bridgehead atoms. The molecule has 0 radical (unpaired) electrons. The van der Waals surface area contributed by atoms with Crippen molar-refractivity contribution in [2.75, 3.05) is 12.8 Å². The Bertz CT molecular complexity index is 643. The minimum atomic E-state index is -4.73. The molecular formula is C12H9F4N3O. The molecule has 0 saturated carbocycles. The van der Waals surface area contributed by atoms with Gasteiger partial charge in [0, 0.05) is 11.6 Å². The number of nitrogens with two attached hydrogens (primary N) is 1. The molecule has 2 rings (SSSR count). The van der Waals surface area contributed by atoms with E-state index >= 15 is 0 Å². The molecule has 0 unspecified atom stereocenters. The number of hydrogen-bond acceptors (Lipinski definition) is 4. The lowest BCUT2D eigenvalue weighted by atomic mass is 10.1. The Balaban J connectivity index is 2.53. The molecule has 0 aliphatic heterocycles. The zero-order valence-electron chi connectivity index (χ0n) is 10.2. The van der Waals surface area contributed by atoms with Gasteiger partial charge in [-0.15, -0.1) is 0 Å². The van der Waals surface area contributed by atoms with Gasteiger partial charge in [0.2, 0.25) is 5.82 Å². The highest BCUT2D eigenvalue weighted by Gasteiger charge is 2.35. The number of nitrogen functional groups attached to an aromatic ring is 1. The van der Waals surface area contributed by atoms with E-state index in [1.54, 1.807) is 0 Å². The highest BCUT2D eigenvalue weighted by Crippen LogP contribution is 2.30. The number of aromatic nitrogens is 2. The molecular weight excluding hydrogens is 278 g/mol. The summed E-state index contributed by atoms with van der Waals surface area (Å²) in [4.78, 5) is 6.46. The van der Waals surface area contributed by atoms with Gasteiger partial charge >= 0.3 is 6.18 Å². The van der Waals surface area contributed by atoms with E-state index in [0.717, 1.165) is 12.1 Å². The first-order valence-corrected chi connectivity index (χ1v) is 5.37. The SMILES string of the molecule is COc1ccc(-c2cc(N)nc(C(F)(F)F)n2)cc1F. The lowest BCUT2D eigenvalue weighted by molar-refractivity contribution is -0.144. The summed E-state index contributed by atoms with van der Waals surface area (Å²) in [6, 6.07) is 4.82. The molecule has 0 spiro atoms. The quantitative estimate of drug-likeness (QED) is 0.863. The molecule has 2 N–H and O–H groups in total. The van der Waals surface area contributed by atoms with Crippen molar-refractivity contribution in [3.63, 3.8) is 0 Å². The summed E-state index contributed by atoms with van der Waals surface area (Å²) in [5.41, 5.74) is 5.34. The first-order valence-electron chi connectivity index (χ1n) is 5.37. The van der Waals surface area contributed by atoms with E-state index in [9.17, 15) is 17.6 Å². The summed E-state index contributed by atoms with van der Waals surface area (Å²) in [6.07, 6.45) is -4.73. The number of halogens is 4. The summed E-state index contributed by atoms with van der Waals surface area (Å²) in [7, 11) is 1.28. The zero-order chi connectivity index (χ0) is 14.9. The molecule has 1 heterocycles. The number of hydrogen-bond donors (Lipinski definition) is 1. The van der Waals surface area contributed by atoms with Crippen molar-refractivity contribution in [3.8, 4) is 17.0 Å². The maximum atomic E-state index is 13.5. The number of nitrogens with zero attached hydrogens (tertiary/aromatic N) is 2. The lowest BCUT2D eigenvalue weighted by Gasteiger charge is -2.09. The Morgan fingerprint density at radius 2 is 1.85 bits per heavy atom. The largest absolute Gasteiger partial charge is 0.494 e. The third kappa shape index (κ3) is 2.79. The highest BCUT2D eigenvalue weighted by atomic mass is 19.4. The van der Waals surface area contributed by atoms with Crippen LogP contribution < -0.4 is 10.5 Å². The van der Waals surface area contributed by atoms with E-state index in [0.29, 0.717) is 0 Å². The van der Waals surface area contributed by atoms with Gasteiger partial charge in [-0.2, -0.15) is 13.2 Å². The molecule has 0 atom stereocenters. The average Bonchev–Trinajstić information content (AvgIpc) is 2.37. The lowest BCUT2D eigenvalue weighted by Crippen LogP contribution is -2.13. The van der Waals surface area contributed by atoms with Crippen LogP contribution in [0.3, 0.4) is 0 Å². The fraction of sp³-hybridized carbons (Fsp3) is 0.167. The monoisotopic (exact) mass is 287 g/mol. The Hall–Kier alpha value is -2.38. The van der Waals surface area contributed by atoms with Gasteiger partial charge in [-0.25, -0.2) is 14.4 Å². The van der Waals surface area contributed by atoms with Crippen LogP contribution in [0.4, 0.5) is 23.4 Å². The van der Waals surface area contributed by atoms with Gasteiger partial charge in [-0.1, -0.05) is 0 Å². The molecule has 4 nitrogen and oxygen atoms in total. The molecule has 0 amide bonds. The minimum Gasteiger partial charge on any atom is -0.494 e. The van der Waals surface area contributed by atoms with Crippen molar-refractivity contribution < 1.29 is 22.3 Å². The van der Waals surface area contributed by atoms with E-state index in [1.165, 1.54) is 19.2 Å². The summed E-state index contributed by atoms with van der Waals surface area (Å²) in [5.74, 6) is -2.45. The normalized spacial score (nSPS) is 11.4. The van der Waals surface area contributed by atoms with Crippen molar-refractivity contribution in [2.45, 2.75) is 6.18 Å². The van der Waals surface area contributed by atoms with Crippen molar-refractivity contribution in [2.24, 2.45) is 0 Å². The molecule has 0 fully saturated rings. The molecule has 106 valence electrons. The fourth-order valence-electron chi connectivity index (χ4n) is 1.57. The molecule has 1 aromatic carbocycles. The molecule has 0 saturated heterocycles. The molecule has 0 aliphatic carbocycles. The second-order valence-electron chi connectivity index (χ2n) is 3.85. The Morgan fingerprint density at radius 1 is 1.15 bits per heavy atom. The van der Waals surface area contributed by atoms with Crippen LogP contribution in [0.2, 0.25) is 0 Å². The first kappa shape index (κ1) is 14.0. The number of benzene rings is 1. The number of ether oxygens (including phenoxy) is 1. The van der Waals surface area contributed by atoms with Gasteiger partial charge < -0.3 is 10.5 Å². The van der Waals surface area contributed by atoms with Crippen LogP contribution in [0.15, 0.2) is 24.3 Å². The van der Waals surface area contributed by atoms with Gasteiger partial charge in [0.25, 0.3) is 0 Å². The third-order valence-electron chi connectivity index (χ3n) is 2.45. The highest BCUT2D eigenvalue weighted by molar-refractivity contribution is 5.63. The number of anilines is 1. The second-order valence-corrected chi connectivity index (χ2v) is 3.85. The van der Waals surface area contributed by atoms with E-state index in [1.807, 2.05) is 0 Å². The summed E-state index contributed by atoms with van der Waals surface area (Å²) in [6.45, 7) is 0. The van der Waals surface area contributed by atoms with Crippen LogP contribution in [0.1, 0.15) is 5.82 Å². The van der Waals surface area contributed by atoms with Gasteiger partial charge in [-0.3, -0.25) is 0 Å². The second kappa shape index (κ2) is 4.95. The fourth-order valence-corrected chi connectivity index (χ4v) is 1.57. The Labute approximate surface area is 111 Å². The molecule has 0 aliphatic rings. The third-order valence-corrected chi connectivity index (χ3v) is 2.45. The molecule has 20 heavy (non-hydrogen) atoms. The van der Waals surface area contributed by atoms with E-state index in [-0.39, 0.29) is 22.8 Å². The summed E-state index contributed by atoms with van der Waals surface area (Å²) in [5, 5.41) is 0. The topological polar surface area (TPSA) is 61.0 Å². The zero-order valence-corrected chi connectivity index (χ0v) is 10.2. The van der Waals surface area contributed by atoms with Crippen LogP contribution in [-0.2, 0) is 6.18 Å². The van der Waals surface area contributed by atoms with Crippen molar-refractivity contribution >= 4 is 5.82 Å². The average molecular weight is 287 g/mol. The van der Waals surface area contributed by atoms with Crippen molar-refractivity contribution in [1.29, 1.82) is 0 Å². The van der Waals surface area contributed by atoms with E-state index in [4.69, 9.17) is 10.5 Å². The molecule has 8 heteroatoms. The van der Waals surface area contributed by atoms with Crippen molar-refractivity contribution in [1.82, 2.24) is 9.97 Å². The minimum absolute atomic E-state index is 0.0215. The number of alkyl halides is 3. The maximum Gasteiger partial charge on any atom is 0.451 e. The molecule has 1 aromatic heterocycles. The number of methoxy groups -OCH3 is 1. The van der Waals surface area contributed by atoms with Gasteiger partial charge in [0.15, 0.2) is 11.6 Å². The van der Waals surface area contributed by atoms with Gasteiger partial charge in [0.05, 0.1) is 12.8 Å². The maximum absolute atomic E-state index is 13.5. The van der Waals surface area contributed by atoms with E-state index in [2.05, 4.69) is 9.97 Å². The Morgan fingerprint density at radius 3 is 2.40 bits per heavy atom. The van der Waals surface area contributed by atoms with Crippen LogP contribution in [-0.4, -0.2) is 17.1 Å². The van der Waals surface area contributed by atoms with Crippen molar-refractivity contribution in [3.05, 3.63) is 35.9 Å². The van der Waals surface area contributed by atoms with Gasteiger partial charge in [0.1, 0.15) is 5.82 Å². The number of rotatable bonds is 2.